The van der Waals surface area contributed by atoms with Crippen LogP contribution in [-0.2, 0) is 0 Å². The van der Waals surface area contributed by atoms with Crippen LogP contribution in [0, 0.1) is 11.7 Å². The fourth-order valence-electron chi connectivity index (χ4n) is 1.91. The number of benzene rings is 1. The first-order chi connectivity index (χ1) is 9.04. The van der Waals surface area contributed by atoms with E-state index >= 15 is 0 Å². The van der Waals surface area contributed by atoms with E-state index in [1.807, 2.05) is 13.8 Å². The van der Waals surface area contributed by atoms with Crippen molar-refractivity contribution in [1.29, 1.82) is 0 Å². The average Bonchev–Trinajstić information content (AvgIpc) is 2.78. The molecule has 3 N–H and O–H groups in total. The van der Waals surface area contributed by atoms with Crippen molar-refractivity contribution in [2.45, 2.75) is 26.3 Å². The van der Waals surface area contributed by atoms with Crippen molar-refractivity contribution in [2.24, 2.45) is 11.7 Å². The summed E-state index contributed by atoms with van der Waals surface area (Å²) in [4.78, 5) is 11.8. The summed E-state index contributed by atoms with van der Waals surface area (Å²) in [5.74, 6) is 0.182. The Hall–Kier alpha value is -1.95. The minimum atomic E-state index is -0.417. The Kier molecular flexibility index (Phi) is 3.80. The van der Waals surface area contributed by atoms with Gasteiger partial charge in [0.15, 0.2) is 5.82 Å². The highest BCUT2D eigenvalue weighted by Gasteiger charge is 2.21. The molecule has 2 rings (SSSR count). The van der Waals surface area contributed by atoms with Crippen LogP contribution in [-0.4, -0.2) is 14.8 Å². The quantitative estimate of drug-likeness (QED) is 0.883. The number of aromatic nitrogens is 3. The van der Waals surface area contributed by atoms with Gasteiger partial charge < -0.3 is 5.73 Å². The smallest absolute Gasteiger partial charge is 0.321 e. The van der Waals surface area contributed by atoms with E-state index in [1.54, 1.807) is 12.1 Å². The fourth-order valence-corrected chi connectivity index (χ4v) is 1.91. The number of hydrogen-bond donors (Lipinski definition) is 2. The third kappa shape index (κ3) is 2.58. The monoisotopic (exact) mass is 264 g/mol. The van der Waals surface area contributed by atoms with E-state index in [0.29, 0.717) is 11.5 Å². The Morgan fingerprint density at radius 3 is 2.89 bits per heavy atom. The third-order valence-electron chi connectivity index (χ3n) is 3.32. The standard InChI is InChI=1S/C13H17FN4O/c1-3-8(2)11(15)12-16-17-13(19)18(12)10-6-4-5-9(14)7-10/h4-8,11H,3,15H2,1-2H3,(H,17,19)/t8-,11-/m0/s1. The summed E-state index contributed by atoms with van der Waals surface area (Å²) >= 11 is 0. The molecule has 0 saturated heterocycles. The van der Waals surface area contributed by atoms with Crippen molar-refractivity contribution in [3.05, 3.63) is 46.4 Å². The summed E-state index contributed by atoms with van der Waals surface area (Å²) in [5.41, 5.74) is 6.11. The molecule has 0 spiro atoms. The van der Waals surface area contributed by atoms with Crippen molar-refractivity contribution in [2.75, 3.05) is 0 Å². The van der Waals surface area contributed by atoms with Crippen LogP contribution in [0.15, 0.2) is 29.1 Å². The highest BCUT2D eigenvalue weighted by Crippen LogP contribution is 2.21. The number of halogens is 1. The fraction of sp³-hybridized carbons (Fsp3) is 0.385. The molecular formula is C13H17FN4O. The van der Waals surface area contributed by atoms with Gasteiger partial charge in [0, 0.05) is 0 Å². The van der Waals surface area contributed by atoms with E-state index in [4.69, 9.17) is 5.73 Å². The van der Waals surface area contributed by atoms with Crippen molar-refractivity contribution in [3.63, 3.8) is 0 Å². The number of nitrogens with zero attached hydrogens (tertiary/aromatic N) is 2. The Balaban J connectivity index is 2.52. The van der Waals surface area contributed by atoms with E-state index in [-0.39, 0.29) is 12.0 Å². The molecule has 2 aromatic rings. The maximum absolute atomic E-state index is 13.3. The number of nitrogens with one attached hydrogen (secondary N) is 1. The SMILES string of the molecule is CC[C@H](C)[C@H](N)c1n[nH]c(=O)n1-c1cccc(F)c1. The molecule has 6 heteroatoms. The van der Waals surface area contributed by atoms with E-state index in [0.717, 1.165) is 6.42 Å². The van der Waals surface area contributed by atoms with E-state index in [9.17, 15) is 9.18 Å². The van der Waals surface area contributed by atoms with Crippen LogP contribution in [0.3, 0.4) is 0 Å². The lowest BCUT2D eigenvalue weighted by Gasteiger charge is -2.18. The number of hydrogen-bond acceptors (Lipinski definition) is 3. The van der Waals surface area contributed by atoms with Gasteiger partial charge in [-0.2, -0.15) is 5.10 Å². The predicted molar refractivity (Wildman–Crippen MR) is 70.5 cm³/mol. The molecule has 0 saturated carbocycles. The Morgan fingerprint density at radius 2 is 2.26 bits per heavy atom. The van der Waals surface area contributed by atoms with Crippen LogP contribution >= 0.6 is 0 Å². The van der Waals surface area contributed by atoms with E-state index < -0.39 is 11.5 Å². The molecule has 0 aliphatic rings. The zero-order chi connectivity index (χ0) is 14.0. The van der Waals surface area contributed by atoms with Gasteiger partial charge in [-0.05, 0) is 24.1 Å². The van der Waals surface area contributed by atoms with Gasteiger partial charge in [-0.1, -0.05) is 26.3 Å². The number of aromatic amines is 1. The van der Waals surface area contributed by atoms with Gasteiger partial charge in [-0.3, -0.25) is 0 Å². The van der Waals surface area contributed by atoms with Gasteiger partial charge in [0.2, 0.25) is 0 Å². The molecule has 1 heterocycles. The molecule has 19 heavy (non-hydrogen) atoms. The summed E-state index contributed by atoms with van der Waals surface area (Å²) in [5, 5.41) is 6.34. The lowest BCUT2D eigenvalue weighted by molar-refractivity contribution is 0.433. The summed E-state index contributed by atoms with van der Waals surface area (Å²) in [7, 11) is 0. The molecule has 0 fully saturated rings. The van der Waals surface area contributed by atoms with Gasteiger partial charge >= 0.3 is 5.69 Å². The lowest BCUT2D eigenvalue weighted by atomic mass is 9.99. The van der Waals surface area contributed by atoms with Crippen LogP contribution in [0.2, 0.25) is 0 Å². The Labute approximate surface area is 110 Å². The van der Waals surface area contributed by atoms with Crippen LogP contribution in [0.25, 0.3) is 5.69 Å². The molecule has 2 atom stereocenters. The normalized spacial score (nSPS) is 14.3. The van der Waals surface area contributed by atoms with Crippen molar-refractivity contribution in [1.82, 2.24) is 14.8 Å². The third-order valence-corrected chi connectivity index (χ3v) is 3.32. The molecule has 0 unspecified atom stereocenters. The first-order valence-electron chi connectivity index (χ1n) is 6.23. The first-order valence-corrected chi connectivity index (χ1v) is 6.23. The topological polar surface area (TPSA) is 76.7 Å². The van der Waals surface area contributed by atoms with E-state index in [2.05, 4.69) is 10.2 Å². The maximum atomic E-state index is 13.3. The van der Waals surface area contributed by atoms with Gasteiger partial charge in [-0.15, -0.1) is 0 Å². The van der Waals surface area contributed by atoms with Crippen LogP contribution in [0.1, 0.15) is 32.1 Å². The Bertz CT molecular complexity index is 619. The lowest BCUT2D eigenvalue weighted by Crippen LogP contribution is -2.25. The number of H-pyrrole nitrogens is 1. The van der Waals surface area contributed by atoms with E-state index in [1.165, 1.54) is 16.7 Å². The van der Waals surface area contributed by atoms with Crippen LogP contribution < -0.4 is 11.4 Å². The second-order valence-corrected chi connectivity index (χ2v) is 4.61. The highest BCUT2D eigenvalue weighted by atomic mass is 19.1. The van der Waals surface area contributed by atoms with Gasteiger partial charge in [0.1, 0.15) is 5.82 Å². The molecule has 0 radical (unpaired) electrons. The molecule has 102 valence electrons. The second-order valence-electron chi connectivity index (χ2n) is 4.61. The first kappa shape index (κ1) is 13.5. The molecule has 0 aliphatic heterocycles. The second kappa shape index (κ2) is 5.36. The summed E-state index contributed by atoms with van der Waals surface area (Å²) < 4.78 is 14.6. The maximum Gasteiger partial charge on any atom is 0.347 e. The minimum absolute atomic E-state index is 0.169. The molecule has 1 aromatic carbocycles. The van der Waals surface area contributed by atoms with Crippen LogP contribution in [0.4, 0.5) is 4.39 Å². The molecule has 5 nitrogen and oxygen atoms in total. The van der Waals surface area contributed by atoms with Gasteiger partial charge in [0.25, 0.3) is 0 Å². The van der Waals surface area contributed by atoms with Crippen molar-refractivity contribution in [3.8, 4) is 5.69 Å². The molecule has 1 aromatic heterocycles. The summed E-state index contributed by atoms with van der Waals surface area (Å²) in [6.07, 6.45) is 0.866. The summed E-state index contributed by atoms with van der Waals surface area (Å²) in [6, 6.07) is 5.41. The van der Waals surface area contributed by atoms with Gasteiger partial charge in [-0.25, -0.2) is 18.9 Å². The zero-order valence-corrected chi connectivity index (χ0v) is 10.9. The Morgan fingerprint density at radius 1 is 1.53 bits per heavy atom. The van der Waals surface area contributed by atoms with Crippen molar-refractivity contribution < 1.29 is 4.39 Å². The zero-order valence-electron chi connectivity index (χ0n) is 10.9. The molecular weight excluding hydrogens is 247 g/mol. The van der Waals surface area contributed by atoms with Crippen LogP contribution in [0.5, 0.6) is 0 Å². The summed E-state index contributed by atoms with van der Waals surface area (Å²) in [6.45, 7) is 4.00. The average molecular weight is 264 g/mol. The molecule has 0 bridgehead atoms. The molecule has 0 aliphatic carbocycles. The minimum Gasteiger partial charge on any atom is -0.321 e. The van der Waals surface area contributed by atoms with Gasteiger partial charge in [0.05, 0.1) is 11.7 Å². The molecule has 0 amide bonds. The predicted octanol–water partition coefficient (Wildman–Crippen LogP) is 1.75. The largest absolute Gasteiger partial charge is 0.347 e. The highest BCUT2D eigenvalue weighted by molar-refractivity contribution is 5.33. The number of nitrogens with two attached hydrogens (primary N) is 1. The number of rotatable bonds is 4. The van der Waals surface area contributed by atoms with Crippen molar-refractivity contribution >= 4 is 0 Å².